The predicted octanol–water partition coefficient (Wildman–Crippen LogP) is 1.93. The van der Waals surface area contributed by atoms with Gasteiger partial charge in [0, 0.05) is 24.1 Å². The van der Waals surface area contributed by atoms with Crippen LogP contribution in [0, 0.1) is 0 Å². The molecule has 16 heavy (non-hydrogen) atoms. The SMILES string of the molecule is CC(CCO)NC(=O)c1cccc(CCl)c1. The summed E-state index contributed by atoms with van der Waals surface area (Å²) >= 11 is 5.69. The molecule has 1 atom stereocenters. The largest absolute Gasteiger partial charge is 0.396 e. The Kier molecular flexibility index (Phi) is 5.29. The Morgan fingerprint density at radius 2 is 2.31 bits per heavy atom. The number of aliphatic hydroxyl groups excluding tert-OH is 1. The van der Waals surface area contributed by atoms with Crippen LogP contribution in [0.15, 0.2) is 24.3 Å². The molecule has 0 saturated carbocycles. The number of rotatable bonds is 5. The molecule has 0 saturated heterocycles. The maximum Gasteiger partial charge on any atom is 0.251 e. The van der Waals surface area contributed by atoms with E-state index in [0.717, 1.165) is 5.56 Å². The van der Waals surface area contributed by atoms with E-state index in [9.17, 15) is 4.79 Å². The fourth-order valence-corrected chi connectivity index (χ4v) is 1.53. The van der Waals surface area contributed by atoms with Crippen LogP contribution in [0.3, 0.4) is 0 Å². The van der Waals surface area contributed by atoms with Crippen LogP contribution in [0.5, 0.6) is 0 Å². The molecule has 0 aromatic heterocycles. The molecule has 88 valence electrons. The minimum Gasteiger partial charge on any atom is -0.396 e. The molecule has 1 aromatic carbocycles. The first-order valence-corrected chi connectivity index (χ1v) is 5.77. The molecule has 0 aliphatic heterocycles. The topological polar surface area (TPSA) is 49.3 Å². The molecular weight excluding hydrogens is 226 g/mol. The molecule has 0 bridgehead atoms. The van der Waals surface area contributed by atoms with Crippen molar-refractivity contribution in [1.29, 1.82) is 0 Å². The van der Waals surface area contributed by atoms with Gasteiger partial charge in [-0.1, -0.05) is 12.1 Å². The van der Waals surface area contributed by atoms with Gasteiger partial charge in [-0.25, -0.2) is 0 Å². The second kappa shape index (κ2) is 6.51. The first-order chi connectivity index (χ1) is 7.67. The lowest BCUT2D eigenvalue weighted by Crippen LogP contribution is -2.33. The van der Waals surface area contributed by atoms with Crippen molar-refractivity contribution in [3.63, 3.8) is 0 Å². The predicted molar refractivity (Wildman–Crippen MR) is 64.6 cm³/mol. The number of benzene rings is 1. The molecule has 2 N–H and O–H groups in total. The van der Waals surface area contributed by atoms with Crippen LogP contribution < -0.4 is 5.32 Å². The molecule has 4 heteroatoms. The van der Waals surface area contributed by atoms with Crippen LogP contribution in [0.1, 0.15) is 29.3 Å². The number of carbonyl (C=O) groups is 1. The molecular formula is C12H16ClNO2. The third kappa shape index (κ3) is 3.83. The van der Waals surface area contributed by atoms with Crippen molar-refractivity contribution in [3.05, 3.63) is 35.4 Å². The highest BCUT2D eigenvalue weighted by Crippen LogP contribution is 2.08. The number of halogens is 1. The Hall–Kier alpha value is -1.06. The number of aliphatic hydroxyl groups is 1. The summed E-state index contributed by atoms with van der Waals surface area (Å²) in [5.74, 6) is 0.265. The molecule has 0 spiro atoms. The molecule has 0 aliphatic carbocycles. The lowest BCUT2D eigenvalue weighted by Gasteiger charge is -2.12. The summed E-state index contributed by atoms with van der Waals surface area (Å²) in [5, 5.41) is 11.5. The number of alkyl halides is 1. The summed E-state index contributed by atoms with van der Waals surface area (Å²) in [6, 6.07) is 7.17. The molecule has 1 unspecified atom stereocenters. The average molecular weight is 242 g/mol. The maximum absolute atomic E-state index is 11.8. The normalized spacial score (nSPS) is 12.2. The van der Waals surface area contributed by atoms with E-state index in [-0.39, 0.29) is 18.6 Å². The number of amides is 1. The van der Waals surface area contributed by atoms with Crippen molar-refractivity contribution in [1.82, 2.24) is 5.32 Å². The van der Waals surface area contributed by atoms with E-state index in [1.807, 2.05) is 19.1 Å². The Balaban J connectivity index is 2.65. The van der Waals surface area contributed by atoms with Crippen LogP contribution in [0.2, 0.25) is 0 Å². The zero-order valence-electron chi connectivity index (χ0n) is 9.24. The molecule has 1 aromatic rings. The van der Waals surface area contributed by atoms with E-state index < -0.39 is 0 Å². The van der Waals surface area contributed by atoms with E-state index in [2.05, 4.69) is 5.32 Å². The van der Waals surface area contributed by atoms with Gasteiger partial charge in [0.1, 0.15) is 0 Å². The highest BCUT2D eigenvalue weighted by Gasteiger charge is 2.09. The van der Waals surface area contributed by atoms with Gasteiger partial charge in [0.05, 0.1) is 0 Å². The fourth-order valence-electron chi connectivity index (χ4n) is 1.37. The number of carbonyl (C=O) groups excluding carboxylic acids is 1. The summed E-state index contributed by atoms with van der Waals surface area (Å²) in [7, 11) is 0. The van der Waals surface area contributed by atoms with Crippen LogP contribution >= 0.6 is 11.6 Å². The van der Waals surface area contributed by atoms with Gasteiger partial charge in [-0.2, -0.15) is 0 Å². The van der Waals surface area contributed by atoms with Gasteiger partial charge in [0.25, 0.3) is 5.91 Å². The lowest BCUT2D eigenvalue weighted by atomic mass is 10.1. The highest BCUT2D eigenvalue weighted by molar-refractivity contribution is 6.17. The monoisotopic (exact) mass is 241 g/mol. The average Bonchev–Trinajstić information content (AvgIpc) is 2.29. The first kappa shape index (κ1) is 13.0. The number of nitrogens with one attached hydrogen (secondary N) is 1. The Labute approximate surface area is 100 Å². The molecule has 0 heterocycles. The van der Waals surface area contributed by atoms with Crippen molar-refractivity contribution < 1.29 is 9.90 Å². The van der Waals surface area contributed by atoms with E-state index in [1.165, 1.54) is 0 Å². The van der Waals surface area contributed by atoms with Crippen LogP contribution in [-0.4, -0.2) is 23.7 Å². The molecule has 1 amide bonds. The zero-order valence-corrected chi connectivity index (χ0v) is 10.00. The molecule has 0 radical (unpaired) electrons. The van der Waals surface area contributed by atoms with E-state index in [4.69, 9.17) is 16.7 Å². The third-order valence-corrected chi connectivity index (χ3v) is 2.59. The minimum atomic E-state index is -0.132. The fraction of sp³-hybridized carbons (Fsp3) is 0.417. The van der Waals surface area contributed by atoms with Gasteiger partial charge in [-0.3, -0.25) is 4.79 Å². The Bertz CT molecular complexity index is 355. The second-order valence-corrected chi connectivity index (χ2v) is 3.99. The molecule has 0 fully saturated rings. The van der Waals surface area contributed by atoms with Crippen LogP contribution in [-0.2, 0) is 5.88 Å². The minimum absolute atomic E-state index is 0.0304. The summed E-state index contributed by atoms with van der Waals surface area (Å²) in [5.41, 5.74) is 1.52. The highest BCUT2D eigenvalue weighted by atomic mass is 35.5. The zero-order chi connectivity index (χ0) is 12.0. The summed E-state index contributed by atoms with van der Waals surface area (Å²) in [6.45, 7) is 1.93. The number of hydrogen-bond donors (Lipinski definition) is 2. The van der Waals surface area contributed by atoms with Gasteiger partial charge >= 0.3 is 0 Å². The van der Waals surface area contributed by atoms with Crippen molar-refractivity contribution in [2.75, 3.05) is 6.61 Å². The Morgan fingerprint density at radius 3 is 2.94 bits per heavy atom. The van der Waals surface area contributed by atoms with Crippen molar-refractivity contribution in [3.8, 4) is 0 Å². The molecule has 1 rings (SSSR count). The van der Waals surface area contributed by atoms with Gasteiger partial charge in [0.15, 0.2) is 0 Å². The van der Waals surface area contributed by atoms with Gasteiger partial charge in [-0.15, -0.1) is 11.6 Å². The maximum atomic E-state index is 11.8. The summed E-state index contributed by atoms with van der Waals surface area (Å²) in [6.07, 6.45) is 0.556. The van der Waals surface area contributed by atoms with Gasteiger partial charge in [0.2, 0.25) is 0 Å². The first-order valence-electron chi connectivity index (χ1n) is 5.24. The molecule has 3 nitrogen and oxygen atoms in total. The van der Waals surface area contributed by atoms with E-state index in [0.29, 0.717) is 17.9 Å². The Morgan fingerprint density at radius 1 is 1.56 bits per heavy atom. The van der Waals surface area contributed by atoms with Crippen LogP contribution in [0.4, 0.5) is 0 Å². The standard InChI is InChI=1S/C12H16ClNO2/c1-9(5-6-15)14-12(16)11-4-2-3-10(7-11)8-13/h2-4,7,9,15H,5-6,8H2,1H3,(H,14,16). The second-order valence-electron chi connectivity index (χ2n) is 3.72. The quantitative estimate of drug-likeness (QED) is 0.774. The molecule has 0 aliphatic rings. The van der Waals surface area contributed by atoms with Crippen molar-refractivity contribution in [2.45, 2.75) is 25.3 Å². The van der Waals surface area contributed by atoms with E-state index in [1.54, 1.807) is 12.1 Å². The van der Waals surface area contributed by atoms with Crippen LogP contribution in [0.25, 0.3) is 0 Å². The van der Waals surface area contributed by atoms with Gasteiger partial charge < -0.3 is 10.4 Å². The smallest absolute Gasteiger partial charge is 0.251 e. The lowest BCUT2D eigenvalue weighted by molar-refractivity contribution is 0.0934. The number of hydrogen-bond acceptors (Lipinski definition) is 2. The summed E-state index contributed by atoms with van der Waals surface area (Å²) in [4.78, 5) is 11.8. The third-order valence-electron chi connectivity index (χ3n) is 2.28. The summed E-state index contributed by atoms with van der Waals surface area (Å²) < 4.78 is 0. The van der Waals surface area contributed by atoms with E-state index >= 15 is 0 Å². The van der Waals surface area contributed by atoms with Crippen molar-refractivity contribution in [2.24, 2.45) is 0 Å². The van der Waals surface area contributed by atoms with Gasteiger partial charge in [-0.05, 0) is 31.0 Å². The van der Waals surface area contributed by atoms with Crippen molar-refractivity contribution >= 4 is 17.5 Å².